The maximum atomic E-state index is 13.3. The van der Waals surface area contributed by atoms with Crippen molar-refractivity contribution in [2.75, 3.05) is 27.3 Å². The first-order valence-electron chi connectivity index (χ1n) is 10.9. The molecule has 4 rings (SSSR count). The average molecular weight is 482 g/mol. The van der Waals surface area contributed by atoms with E-state index >= 15 is 0 Å². The van der Waals surface area contributed by atoms with E-state index in [9.17, 15) is 13.2 Å². The van der Waals surface area contributed by atoms with Gasteiger partial charge in [0.25, 0.3) is 0 Å². The van der Waals surface area contributed by atoms with Crippen LogP contribution in [0.15, 0.2) is 78.0 Å². The number of pyridine rings is 1. The second kappa shape index (κ2) is 10.2. The van der Waals surface area contributed by atoms with Gasteiger partial charge in [-0.2, -0.15) is 4.31 Å². The third-order valence-electron chi connectivity index (χ3n) is 6.06. The highest BCUT2D eigenvalue weighted by molar-refractivity contribution is 7.89. The fourth-order valence-electron chi connectivity index (χ4n) is 4.23. The average Bonchev–Trinajstić information content (AvgIpc) is 3.34. The Morgan fingerprint density at radius 3 is 2.44 bits per heavy atom. The van der Waals surface area contributed by atoms with Crippen molar-refractivity contribution in [1.82, 2.24) is 14.6 Å². The molecule has 1 aliphatic heterocycles. The van der Waals surface area contributed by atoms with Crippen LogP contribution in [-0.2, 0) is 21.4 Å². The van der Waals surface area contributed by atoms with Gasteiger partial charge in [0.1, 0.15) is 11.5 Å². The van der Waals surface area contributed by atoms with Crippen molar-refractivity contribution in [2.24, 2.45) is 5.92 Å². The number of nitrogens with zero attached hydrogens (tertiary/aromatic N) is 2. The van der Waals surface area contributed by atoms with Gasteiger partial charge in [0.2, 0.25) is 15.9 Å². The van der Waals surface area contributed by atoms with Gasteiger partial charge < -0.3 is 14.8 Å². The minimum atomic E-state index is -3.77. The third-order valence-corrected chi connectivity index (χ3v) is 7.91. The van der Waals surface area contributed by atoms with E-state index in [1.54, 1.807) is 69.1 Å². The van der Waals surface area contributed by atoms with Crippen LogP contribution in [0.5, 0.6) is 11.5 Å². The molecule has 3 aromatic rings. The number of aromatic nitrogens is 1. The molecule has 1 aliphatic rings. The predicted molar refractivity (Wildman–Crippen MR) is 127 cm³/mol. The summed E-state index contributed by atoms with van der Waals surface area (Å²) in [4.78, 5) is 17.5. The van der Waals surface area contributed by atoms with E-state index < -0.39 is 21.9 Å². The van der Waals surface area contributed by atoms with E-state index in [4.69, 9.17) is 9.47 Å². The number of amides is 1. The Labute approximate surface area is 199 Å². The van der Waals surface area contributed by atoms with Gasteiger partial charge in [-0.3, -0.25) is 9.78 Å². The second-order valence-electron chi connectivity index (χ2n) is 8.03. The van der Waals surface area contributed by atoms with Gasteiger partial charge >= 0.3 is 0 Å². The van der Waals surface area contributed by atoms with Gasteiger partial charge in [0, 0.05) is 44.0 Å². The van der Waals surface area contributed by atoms with Gasteiger partial charge in [-0.1, -0.05) is 24.3 Å². The van der Waals surface area contributed by atoms with Crippen LogP contribution >= 0.6 is 0 Å². The molecule has 2 heterocycles. The highest BCUT2D eigenvalue weighted by atomic mass is 32.2. The Morgan fingerprint density at radius 1 is 1.03 bits per heavy atom. The first-order chi connectivity index (χ1) is 16.4. The lowest BCUT2D eigenvalue weighted by atomic mass is 9.87. The molecular formula is C25H27N3O5S. The van der Waals surface area contributed by atoms with Gasteiger partial charge in [0.05, 0.1) is 25.0 Å². The molecule has 1 amide bonds. The number of carbonyl (C=O) groups excluding carboxylic acids is 1. The molecule has 0 radical (unpaired) electrons. The van der Waals surface area contributed by atoms with Crippen LogP contribution in [0.3, 0.4) is 0 Å². The molecule has 0 aliphatic carbocycles. The lowest BCUT2D eigenvalue weighted by molar-refractivity contribution is -0.125. The first-order valence-corrected chi connectivity index (χ1v) is 12.3. The fraction of sp³-hybridized carbons (Fsp3) is 0.280. The summed E-state index contributed by atoms with van der Waals surface area (Å²) in [6.07, 6.45) is 3.33. The van der Waals surface area contributed by atoms with E-state index in [2.05, 4.69) is 10.3 Å². The van der Waals surface area contributed by atoms with Crippen molar-refractivity contribution < 1.29 is 22.7 Å². The molecule has 1 aromatic heterocycles. The molecule has 2 atom stereocenters. The monoisotopic (exact) mass is 481 g/mol. The summed E-state index contributed by atoms with van der Waals surface area (Å²) in [6, 6.07) is 17.3. The van der Waals surface area contributed by atoms with E-state index in [1.807, 2.05) is 18.2 Å². The van der Waals surface area contributed by atoms with Crippen LogP contribution in [0.2, 0.25) is 0 Å². The van der Waals surface area contributed by atoms with Crippen LogP contribution in [0.25, 0.3) is 0 Å². The Bertz CT molecular complexity index is 1240. The topological polar surface area (TPSA) is 97.8 Å². The molecule has 2 unspecified atom stereocenters. The van der Waals surface area contributed by atoms with Crippen molar-refractivity contribution in [3.8, 4) is 11.5 Å². The Kier molecular flexibility index (Phi) is 7.14. The van der Waals surface area contributed by atoms with E-state index in [1.165, 1.54) is 4.31 Å². The van der Waals surface area contributed by atoms with Crippen molar-refractivity contribution in [3.63, 3.8) is 0 Å². The van der Waals surface area contributed by atoms with Gasteiger partial charge in [-0.05, 0) is 41.5 Å². The van der Waals surface area contributed by atoms with Crippen LogP contribution in [0.1, 0.15) is 17.0 Å². The van der Waals surface area contributed by atoms with Crippen molar-refractivity contribution in [1.29, 1.82) is 0 Å². The molecule has 1 saturated heterocycles. The number of ether oxygens (including phenoxy) is 2. The number of benzene rings is 2. The zero-order valence-corrected chi connectivity index (χ0v) is 19.9. The number of rotatable bonds is 8. The summed E-state index contributed by atoms with van der Waals surface area (Å²) in [5.41, 5.74) is 1.67. The van der Waals surface area contributed by atoms with Gasteiger partial charge in [0.15, 0.2) is 0 Å². The minimum absolute atomic E-state index is 0.0687. The van der Waals surface area contributed by atoms with Crippen molar-refractivity contribution in [2.45, 2.75) is 17.4 Å². The zero-order valence-electron chi connectivity index (χ0n) is 19.0. The van der Waals surface area contributed by atoms with Crippen LogP contribution in [0, 0.1) is 5.92 Å². The molecule has 9 heteroatoms. The molecule has 0 bridgehead atoms. The fourth-order valence-corrected chi connectivity index (χ4v) is 5.74. The van der Waals surface area contributed by atoms with Crippen LogP contribution < -0.4 is 14.8 Å². The normalized spacial score (nSPS) is 18.4. The largest absolute Gasteiger partial charge is 0.497 e. The molecule has 8 nitrogen and oxygen atoms in total. The van der Waals surface area contributed by atoms with Crippen molar-refractivity contribution in [3.05, 3.63) is 84.2 Å². The molecule has 2 aromatic carbocycles. The number of carbonyl (C=O) groups is 1. The minimum Gasteiger partial charge on any atom is -0.497 e. The van der Waals surface area contributed by atoms with E-state index in [-0.39, 0.29) is 23.9 Å². The summed E-state index contributed by atoms with van der Waals surface area (Å²) in [5, 5.41) is 2.96. The summed E-state index contributed by atoms with van der Waals surface area (Å²) in [5.74, 6) is -0.0360. The lowest BCUT2D eigenvalue weighted by Gasteiger charge is -2.21. The molecular weight excluding hydrogens is 454 g/mol. The number of sulfonamides is 1. The summed E-state index contributed by atoms with van der Waals surface area (Å²) in [6.45, 7) is 0.558. The third kappa shape index (κ3) is 4.90. The highest BCUT2D eigenvalue weighted by Gasteiger charge is 2.44. The molecule has 0 spiro atoms. The zero-order chi connectivity index (χ0) is 24.1. The predicted octanol–water partition coefficient (Wildman–Crippen LogP) is 2.82. The molecule has 1 fully saturated rings. The maximum absolute atomic E-state index is 13.3. The maximum Gasteiger partial charge on any atom is 0.243 e. The lowest BCUT2D eigenvalue weighted by Crippen LogP contribution is -2.35. The SMILES string of the molecule is COc1ccc(C2CN(S(=O)(=O)c3ccccc3)CC2C(=O)NCc2ccncc2)c(OC)c1. The molecule has 178 valence electrons. The van der Waals surface area contributed by atoms with Crippen LogP contribution in [0.4, 0.5) is 0 Å². The van der Waals surface area contributed by atoms with E-state index in [0.29, 0.717) is 18.0 Å². The second-order valence-corrected chi connectivity index (χ2v) is 9.97. The Morgan fingerprint density at radius 2 is 1.76 bits per heavy atom. The van der Waals surface area contributed by atoms with Crippen LogP contribution in [-0.4, -0.2) is 50.9 Å². The molecule has 0 saturated carbocycles. The Balaban J connectivity index is 1.65. The Hall–Kier alpha value is -3.43. The van der Waals surface area contributed by atoms with Gasteiger partial charge in [-0.15, -0.1) is 0 Å². The van der Waals surface area contributed by atoms with Crippen molar-refractivity contribution >= 4 is 15.9 Å². The number of nitrogens with one attached hydrogen (secondary N) is 1. The smallest absolute Gasteiger partial charge is 0.243 e. The number of methoxy groups -OCH3 is 2. The quantitative estimate of drug-likeness (QED) is 0.531. The van der Waals surface area contributed by atoms with E-state index in [0.717, 1.165) is 11.1 Å². The standard InChI is InChI=1S/C25H27N3O5S/c1-32-19-8-9-21(24(14-19)33-2)22-16-28(34(30,31)20-6-4-3-5-7-20)17-23(22)25(29)27-15-18-10-12-26-13-11-18/h3-14,22-23H,15-17H2,1-2H3,(H,27,29). The number of hydrogen-bond acceptors (Lipinski definition) is 6. The summed E-state index contributed by atoms with van der Waals surface area (Å²) in [7, 11) is -0.657. The first kappa shape index (κ1) is 23.7. The summed E-state index contributed by atoms with van der Waals surface area (Å²) >= 11 is 0. The molecule has 1 N–H and O–H groups in total. The summed E-state index contributed by atoms with van der Waals surface area (Å²) < 4.78 is 39.0. The number of hydrogen-bond donors (Lipinski definition) is 1. The van der Waals surface area contributed by atoms with Gasteiger partial charge in [-0.25, -0.2) is 8.42 Å². The highest BCUT2D eigenvalue weighted by Crippen LogP contribution is 2.41. The molecule has 34 heavy (non-hydrogen) atoms.